The number of hydrogen-bond acceptors (Lipinski definition) is 4. The van der Waals surface area contributed by atoms with Gasteiger partial charge in [-0.25, -0.2) is 0 Å². The summed E-state index contributed by atoms with van der Waals surface area (Å²) in [5.41, 5.74) is 2.95. The van der Waals surface area contributed by atoms with Crippen molar-refractivity contribution < 1.29 is 14.6 Å². The number of aromatic hydroxyl groups is 1. The van der Waals surface area contributed by atoms with Gasteiger partial charge in [0.05, 0.1) is 0 Å². The highest BCUT2D eigenvalue weighted by molar-refractivity contribution is 5.70. The van der Waals surface area contributed by atoms with Crippen LogP contribution in [0.3, 0.4) is 0 Å². The van der Waals surface area contributed by atoms with Crippen molar-refractivity contribution in [2.75, 3.05) is 7.05 Å². The molecule has 2 rings (SSSR count). The van der Waals surface area contributed by atoms with Gasteiger partial charge < -0.3 is 9.84 Å². The number of likely N-dealkylation sites (tertiary alicyclic amines) is 1. The lowest BCUT2D eigenvalue weighted by atomic mass is 9.79. The molecule has 28 heavy (non-hydrogen) atoms. The van der Waals surface area contributed by atoms with Gasteiger partial charge in [-0.1, -0.05) is 26.0 Å². The predicted octanol–water partition coefficient (Wildman–Crippen LogP) is 5.03. The lowest BCUT2D eigenvalue weighted by Crippen LogP contribution is -2.60. The number of aryl methyl sites for hydroxylation is 2. The first-order valence-corrected chi connectivity index (χ1v) is 10.6. The van der Waals surface area contributed by atoms with Crippen LogP contribution >= 0.6 is 0 Å². The summed E-state index contributed by atoms with van der Waals surface area (Å²) >= 11 is 0. The van der Waals surface area contributed by atoms with Gasteiger partial charge in [-0.05, 0) is 77.1 Å². The van der Waals surface area contributed by atoms with E-state index in [9.17, 15) is 9.90 Å². The molecule has 1 aromatic rings. The number of carbonyl (C=O) groups excluding carboxylic acids is 1. The van der Waals surface area contributed by atoms with E-state index in [1.165, 1.54) is 0 Å². The van der Waals surface area contributed by atoms with Crippen molar-refractivity contribution in [3.05, 3.63) is 28.8 Å². The molecule has 0 spiro atoms. The molecule has 0 atom stereocenters. The molecule has 1 saturated heterocycles. The van der Waals surface area contributed by atoms with Gasteiger partial charge in [-0.3, -0.25) is 9.69 Å². The van der Waals surface area contributed by atoms with Gasteiger partial charge in [-0.15, -0.1) is 0 Å². The number of phenolic OH excluding ortho intramolecular Hbond substituents is 1. The second kappa shape index (κ2) is 8.44. The van der Waals surface area contributed by atoms with E-state index >= 15 is 0 Å². The zero-order valence-corrected chi connectivity index (χ0v) is 19.1. The van der Waals surface area contributed by atoms with E-state index in [-0.39, 0.29) is 23.2 Å². The molecular formula is C24H39NO3. The number of piperidine rings is 1. The van der Waals surface area contributed by atoms with Crippen LogP contribution in [-0.2, 0) is 22.4 Å². The van der Waals surface area contributed by atoms with E-state index in [1.54, 1.807) is 0 Å². The molecular weight excluding hydrogens is 350 g/mol. The van der Waals surface area contributed by atoms with Crippen molar-refractivity contribution in [3.8, 4) is 5.75 Å². The molecule has 0 saturated carbocycles. The zero-order valence-electron chi connectivity index (χ0n) is 19.1. The van der Waals surface area contributed by atoms with Crippen LogP contribution in [-0.4, -0.2) is 40.2 Å². The second-order valence-electron chi connectivity index (χ2n) is 10.2. The van der Waals surface area contributed by atoms with Crippen LogP contribution in [0.25, 0.3) is 0 Å². The second-order valence-corrected chi connectivity index (χ2v) is 10.2. The topological polar surface area (TPSA) is 49.8 Å². The van der Waals surface area contributed by atoms with Crippen LogP contribution in [0.4, 0.5) is 0 Å². The third kappa shape index (κ3) is 5.50. The van der Waals surface area contributed by atoms with Gasteiger partial charge >= 0.3 is 5.97 Å². The van der Waals surface area contributed by atoms with Gasteiger partial charge in [0, 0.05) is 30.3 Å². The normalized spacial score (nSPS) is 19.8. The lowest BCUT2D eigenvalue weighted by Gasteiger charge is -2.53. The number of esters is 1. The van der Waals surface area contributed by atoms with Crippen LogP contribution < -0.4 is 0 Å². The molecule has 1 fully saturated rings. The molecule has 0 aromatic heterocycles. The summed E-state index contributed by atoms with van der Waals surface area (Å²) in [6, 6.07) is 4.02. The summed E-state index contributed by atoms with van der Waals surface area (Å²) in [7, 11) is 2.15. The Morgan fingerprint density at radius 1 is 1.21 bits per heavy atom. The first-order valence-electron chi connectivity index (χ1n) is 10.6. The highest BCUT2D eigenvalue weighted by Gasteiger charge is 2.44. The lowest BCUT2D eigenvalue weighted by molar-refractivity contribution is -0.158. The number of carbonyl (C=O) groups is 1. The summed E-state index contributed by atoms with van der Waals surface area (Å²) in [5, 5.41) is 10.3. The maximum atomic E-state index is 12.5. The Morgan fingerprint density at radius 3 is 2.32 bits per heavy atom. The highest BCUT2D eigenvalue weighted by Crippen LogP contribution is 2.38. The first kappa shape index (κ1) is 22.7. The standard InChI is InChI=1S/C24H39NO3/c1-16(2)11-19-13-18(12-17(3)22(19)27)9-10-21(26)28-20-14-23(4,5)25(8)24(6,7)15-20/h12-13,16,20,27H,9-11,14-15H2,1-8H3. The van der Waals surface area contributed by atoms with Crippen LogP contribution in [0.1, 0.15) is 77.5 Å². The van der Waals surface area contributed by atoms with Gasteiger partial charge in [-0.2, -0.15) is 0 Å². The number of hydrogen-bond donors (Lipinski definition) is 1. The Kier molecular flexibility index (Phi) is 6.86. The van der Waals surface area contributed by atoms with Crippen LogP contribution in [0.15, 0.2) is 12.1 Å². The molecule has 1 aliphatic rings. The quantitative estimate of drug-likeness (QED) is 0.694. The predicted molar refractivity (Wildman–Crippen MR) is 115 cm³/mol. The van der Waals surface area contributed by atoms with Crippen molar-refractivity contribution in [3.63, 3.8) is 0 Å². The average molecular weight is 390 g/mol. The number of nitrogens with zero attached hydrogens (tertiary/aromatic N) is 1. The number of phenols is 1. The Labute approximate surface area is 171 Å². The zero-order chi connectivity index (χ0) is 21.3. The van der Waals surface area contributed by atoms with E-state index in [4.69, 9.17) is 4.74 Å². The fraction of sp³-hybridized carbons (Fsp3) is 0.708. The smallest absolute Gasteiger partial charge is 0.306 e. The van der Waals surface area contributed by atoms with Crippen molar-refractivity contribution in [2.45, 2.75) is 97.8 Å². The molecule has 0 unspecified atom stereocenters. The van der Waals surface area contributed by atoms with Gasteiger partial charge in [0.2, 0.25) is 0 Å². The van der Waals surface area contributed by atoms with E-state index < -0.39 is 0 Å². The van der Waals surface area contributed by atoms with Crippen LogP contribution in [0, 0.1) is 12.8 Å². The fourth-order valence-electron chi connectivity index (χ4n) is 4.53. The molecule has 1 aliphatic heterocycles. The van der Waals surface area contributed by atoms with Crippen molar-refractivity contribution in [1.29, 1.82) is 0 Å². The molecule has 0 aliphatic carbocycles. The molecule has 0 amide bonds. The number of benzene rings is 1. The Bertz CT molecular complexity index is 688. The molecule has 1 heterocycles. The fourth-order valence-corrected chi connectivity index (χ4v) is 4.53. The average Bonchev–Trinajstić information content (AvgIpc) is 2.54. The Hall–Kier alpha value is -1.55. The number of ether oxygens (including phenoxy) is 1. The van der Waals surface area contributed by atoms with E-state index in [0.717, 1.165) is 36.0 Å². The van der Waals surface area contributed by atoms with Crippen molar-refractivity contribution in [1.82, 2.24) is 4.90 Å². The molecule has 1 aromatic carbocycles. The molecule has 0 bridgehead atoms. The molecule has 4 nitrogen and oxygen atoms in total. The van der Waals surface area contributed by atoms with E-state index in [0.29, 0.717) is 24.5 Å². The summed E-state index contributed by atoms with van der Waals surface area (Å²) in [6.07, 6.45) is 3.53. The maximum Gasteiger partial charge on any atom is 0.306 e. The monoisotopic (exact) mass is 389 g/mol. The van der Waals surface area contributed by atoms with Crippen molar-refractivity contribution in [2.24, 2.45) is 5.92 Å². The van der Waals surface area contributed by atoms with Crippen molar-refractivity contribution >= 4 is 5.97 Å². The highest BCUT2D eigenvalue weighted by atomic mass is 16.5. The van der Waals surface area contributed by atoms with Gasteiger partial charge in [0.25, 0.3) is 0 Å². The maximum absolute atomic E-state index is 12.5. The van der Waals surface area contributed by atoms with Gasteiger partial charge in [0.15, 0.2) is 0 Å². The SMILES string of the molecule is Cc1cc(CCC(=O)OC2CC(C)(C)N(C)C(C)(C)C2)cc(CC(C)C)c1O. The summed E-state index contributed by atoms with van der Waals surface area (Å²) < 4.78 is 5.87. The summed E-state index contributed by atoms with van der Waals surface area (Å²) in [6.45, 7) is 15.1. The third-order valence-electron chi connectivity index (χ3n) is 6.25. The minimum Gasteiger partial charge on any atom is -0.507 e. The minimum absolute atomic E-state index is 0.00646. The van der Waals surface area contributed by atoms with E-state index in [1.807, 2.05) is 19.1 Å². The summed E-state index contributed by atoms with van der Waals surface area (Å²) in [4.78, 5) is 14.9. The van der Waals surface area contributed by atoms with E-state index in [2.05, 4.69) is 53.5 Å². The third-order valence-corrected chi connectivity index (χ3v) is 6.25. The van der Waals surface area contributed by atoms with Crippen LogP contribution in [0.5, 0.6) is 5.75 Å². The largest absolute Gasteiger partial charge is 0.507 e. The van der Waals surface area contributed by atoms with Gasteiger partial charge in [0.1, 0.15) is 11.9 Å². The Balaban J connectivity index is 1.98. The number of rotatable bonds is 6. The molecule has 1 N–H and O–H groups in total. The molecule has 0 radical (unpaired) electrons. The Morgan fingerprint density at radius 2 is 1.79 bits per heavy atom. The summed E-state index contributed by atoms with van der Waals surface area (Å²) in [5.74, 6) is 0.731. The minimum atomic E-state index is -0.128. The molecule has 4 heteroatoms. The van der Waals surface area contributed by atoms with Crippen LogP contribution in [0.2, 0.25) is 0 Å². The first-order chi connectivity index (χ1) is 12.8. The molecule has 158 valence electrons.